The summed E-state index contributed by atoms with van der Waals surface area (Å²) in [5.41, 5.74) is 1.76. The van der Waals surface area contributed by atoms with Crippen molar-refractivity contribution in [3.8, 4) is 17.1 Å². The summed E-state index contributed by atoms with van der Waals surface area (Å²) in [7, 11) is 0. The monoisotopic (exact) mass is 282 g/mol. The van der Waals surface area contributed by atoms with E-state index in [2.05, 4.69) is 0 Å². The van der Waals surface area contributed by atoms with E-state index in [1.807, 2.05) is 55.5 Å². The van der Waals surface area contributed by atoms with E-state index in [4.69, 9.17) is 9.15 Å². The summed E-state index contributed by atoms with van der Waals surface area (Å²) in [4.78, 5) is 11.5. The summed E-state index contributed by atoms with van der Waals surface area (Å²) in [5, 5.41) is 10.6. The third-order valence-corrected chi connectivity index (χ3v) is 3.26. The van der Waals surface area contributed by atoms with Crippen molar-refractivity contribution in [1.82, 2.24) is 0 Å². The Morgan fingerprint density at radius 3 is 2.57 bits per heavy atom. The summed E-state index contributed by atoms with van der Waals surface area (Å²) in [6.07, 6.45) is 0. The van der Waals surface area contributed by atoms with E-state index in [1.54, 1.807) is 0 Å². The van der Waals surface area contributed by atoms with Gasteiger partial charge in [0.05, 0.1) is 12.0 Å². The van der Waals surface area contributed by atoms with Crippen LogP contribution in [0.15, 0.2) is 52.9 Å². The van der Waals surface area contributed by atoms with Crippen LogP contribution in [0.5, 0.6) is 5.95 Å². The lowest BCUT2D eigenvalue weighted by Crippen LogP contribution is -1.95. The van der Waals surface area contributed by atoms with Gasteiger partial charge < -0.3 is 14.3 Å². The second-order valence-electron chi connectivity index (χ2n) is 4.55. The Labute approximate surface area is 121 Å². The average Bonchev–Trinajstić information content (AvgIpc) is 2.88. The fraction of sp³-hybridized carbons (Fsp3) is 0.118. The minimum absolute atomic E-state index is 0.0899. The van der Waals surface area contributed by atoms with Crippen LogP contribution in [0.4, 0.5) is 0 Å². The molecule has 1 N–H and O–H groups in total. The highest BCUT2D eigenvalue weighted by Crippen LogP contribution is 2.38. The molecule has 3 rings (SSSR count). The van der Waals surface area contributed by atoms with Crippen molar-refractivity contribution < 1.29 is 19.1 Å². The minimum atomic E-state index is -1.10. The number of fused-ring (bicyclic) bond motifs is 1. The van der Waals surface area contributed by atoms with Crippen LogP contribution in [0.25, 0.3) is 21.9 Å². The normalized spacial score (nSPS) is 10.7. The smallest absolute Gasteiger partial charge is 0.372 e. The Kier molecular flexibility index (Phi) is 3.36. The maximum absolute atomic E-state index is 11.5. The first-order valence-corrected chi connectivity index (χ1v) is 6.69. The molecule has 4 heteroatoms. The molecule has 0 radical (unpaired) electrons. The zero-order chi connectivity index (χ0) is 14.8. The number of benzene rings is 2. The number of carboxylic acids is 1. The van der Waals surface area contributed by atoms with Crippen molar-refractivity contribution in [3.63, 3.8) is 0 Å². The summed E-state index contributed by atoms with van der Waals surface area (Å²) in [6.45, 7) is 2.24. The molecule has 0 saturated heterocycles. The van der Waals surface area contributed by atoms with Gasteiger partial charge in [-0.05, 0) is 24.1 Å². The van der Waals surface area contributed by atoms with Gasteiger partial charge in [-0.1, -0.05) is 42.5 Å². The third-order valence-electron chi connectivity index (χ3n) is 3.26. The zero-order valence-electron chi connectivity index (χ0n) is 11.5. The lowest BCUT2D eigenvalue weighted by Gasteiger charge is -2.04. The van der Waals surface area contributed by atoms with Crippen LogP contribution in [0.2, 0.25) is 0 Å². The topological polar surface area (TPSA) is 59.7 Å². The molecule has 0 saturated carbocycles. The molecule has 21 heavy (non-hydrogen) atoms. The highest BCUT2D eigenvalue weighted by molar-refractivity contribution is 6.10. The standard InChI is InChI=1S/C17H14O4/c1-2-20-17-13-10-6-9-12(11-7-4-3-5-8-11)14(13)15(21-17)16(18)19/h3-10H,2H2,1H3,(H,18,19). The molecular formula is C17H14O4. The van der Waals surface area contributed by atoms with Gasteiger partial charge >= 0.3 is 5.97 Å². The van der Waals surface area contributed by atoms with Crippen LogP contribution in [-0.2, 0) is 0 Å². The van der Waals surface area contributed by atoms with E-state index in [0.717, 1.165) is 11.1 Å². The molecule has 2 aromatic carbocycles. The van der Waals surface area contributed by atoms with E-state index in [9.17, 15) is 9.90 Å². The van der Waals surface area contributed by atoms with Gasteiger partial charge in [-0.2, -0.15) is 0 Å². The van der Waals surface area contributed by atoms with Crippen molar-refractivity contribution in [1.29, 1.82) is 0 Å². The third kappa shape index (κ3) is 2.25. The molecule has 0 aliphatic carbocycles. The molecule has 0 atom stereocenters. The Morgan fingerprint density at radius 2 is 1.90 bits per heavy atom. The molecule has 0 spiro atoms. The first-order valence-electron chi connectivity index (χ1n) is 6.69. The van der Waals surface area contributed by atoms with Gasteiger partial charge in [0.1, 0.15) is 0 Å². The Balaban J connectivity index is 2.34. The molecule has 1 heterocycles. The molecule has 0 bridgehead atoms. The highest BCUT2D eigenvalue weighted by Gasteiger charge is 2.22. The fourth-order valence-corrected chi connectivity index (χ4v) is 2.41. The Hall–Kier alpha value is -2.75. The molecule has 0 unspecified atom stereocenters. The predicted molar refractivity (Wildman–Crippen MR) is 79.8 cm³/mol. The van der Waals surface area contributed by atoms with Gasteiger partial charge in [0.2, 0.25) is 5.76 Å². The van der Waals surface area contributed by atoms with E-state index in [1.165, 1.54) is 0 Å². The molecule has 4 nitrogen and oxygen atoms in total. The van der Waals surface area contributed by atoms with Gasteiger partial charge in [-0.25, -0.2) is 4.79 Å². The molecular weight excluding hydrogens is 268 g/mol. The van der Waals surface area contributed by atoms with Crippen molar-refractivity contribution >= 4 is 16.7 Å². The van der Waals surface area contributed by atoms with Gasteiger partial charge in [0, 0.05) is 5.39 Å². The second kappa shape index (κ2) is 5.32. The van der Waals surface area contributed by atoms with E-state index in [0.29, 0.717) is 17.4 Å². The summed E-state index contributed by atoms with van der Waals surface area (Å²) in [5.74, 6) is -0.940. The molecule has 0 fully saturated rings. The van der Waals surface area contributed by atoms with Crippen molar-refractivity contribution in [2.75, 3.05) is 6.61 Å². The number of rotatable bonds is 4. The quantitative estimate of drug-likeness (QED) is 0.779. The number of ether oxygens (including phenoxy) is 1. The molecule has 0 aliphatic heterocycles. The minimum Gasteiger partial charge on any atom is -0.475 e. The average molecular weight is 282 g/mol. The largest absolute Gasteiger partial charge is 0.475 e. The second-order valence-corrected chi connectivity index (χ2v) is 4.55. The number of hydrogen-bond donors (Lipinski definition) is 1. The number of carboxylic acid groups (broad SMARTS) is 1. The van der Waals surface area contributed by atoms with Gasteiger partial charge in [-0.15, -0.1) is 0 Å². The maximum Gasteiger partial charge on any atom is 0.372 e. The molecule has 0 amide bonds. The van der Waals surface area contributed by atoms with Gasteiger partial charge in [0.15, 0.2) is 0 Å². The molecule has 0 aliphatic rings. The van der Waals surface area contributed by atoms with Crippen molar-refractivity contribution in [2.24, 2.45) is 0 Å². The highest BCUT2D eigenvalue weighted by atomic mass is 16.6. The SMILES string of the molecule is CCOc1oc(C(=O)O)c2c(-c3ccccc3)cccc12. The fourth-order valence-electron chi connectivity index (χ4n) is 2.41. The molecule has 3 aromatic rings. The summed E-state index contributed by atoms with van der Waals surface area (Å²) < 4.78 is 10.8. The van der Waals surface area contributed by atoms with E-state index < -0.39 is 5.97 Å². The summed E-state index contributed by atoms with van der Waals surface area (Å²) >= 11 is 0. The van der Waals surface area contributed by atoms with Crippen LogP contribution < -0.4 is 4.74 Å². The molecule has 106 valence electrons. The number of furan rings is 1. The molecule has 1 aromatic heterocycles. The van der Waals surface area contributed by atoms with Gasteiger partial charge in [-0.3, -0.25) is 0 Å². The summed E-state index contributed by atoms with van der Waals surface area (Å²) in [6, 6.07) is 15.2. The number of carbonyl (C=O) groups is 1. The lowest BCUT2D eigenvalue weighted by molar-refractivity contribution is 0.0657. The van der Waals surface area contributed by atoms with E-state index >= 15 is 0 Å². The van der Waals surface area contributed by atoms with Gasteiger partial charge in [0.25, 0.3) is 5.95 Å². The maximum atomic E-state index is 11.5. The van der Waals surface area contributed by atoms with Crippen molar-refractivity contribution in [2.45, 2.75) is 6.92 Å². The first kappa shape index (κ1) is 13.2. The number of aromatic carboxylic acids is 1. The zero-order valence-corrected chi connectivity index (χ0v) is 11.5. The van der Waals surface area contributed by atoms with Crippen molar-refractivity contribution in [3.05, 3.63) is 54.3 Å². The Bertz CT molecular complexity index is 787. The van der Waals surface area contributed by atoms with Crippen LogP contribution in [0.1, 0.15) is 17.5 Å². The van der Waals surface area contributed by atoms with Crippen LogP contribution >= 0.6 is 0 Å². The predicted octanol–water partition coefficient (Wildman–Crippen LogP) is 4.20. The lowest BCUT2D eigenvalue weighted by atomic mass is 9.99. The van der Waals surface area contributed by atoms with E-state index in [-0.39, 0.29) is 11.7 Å². The first-order chi connectivity index (χ1) is 10.2. The van der Waals surface area contributed by atoms with Crippen LogP contribution in [-0.4, -0.2) is 17.7 Å². The Morgan fingerprint density at radius 1 is 1.14 bits per heavy atom. The van der Waals surface area contributed by atoms with Crippen LogP contribution in [0.3, 0.4) is 0 Å². The van der Waals surface area contributed by atoms with Crippen LogP contribution in [0, 0.1) is 0 Å². The number of hydrogen-bond acceptors (Lipinski definition) is 3.